The lowest BCUT2D eigenvalue weighted by molar-refractivity contribution is 0.330. The molecule has 3 aromatic carbocycles. The van der Waals surface area contributed by atoms with Gasteiger partial charge in [0, 0.05) is 11.5 Å². The van der Waals surface area contributed by atoms with Crippen LogP contribution in [-0.2, 0) is 0 Å². The molecule has 0 fully saturated rings. The first kappa shape index (κ1) is 12.9. The van der Waals surface area contributed by atoms with Gasteiger partial charge in [0.15, 0.2) is 0 Å². The van der Waals surface area contributed by atoms with Crippen molar-refractivity contribution in [3.8, 4) is 5.75 Å². The predicted molar refractivity (Wildman–Crippen MR) is 90.3 cm³/mol. The molecule has 0 amide bonds. The van der Waals surface area contributed by atoms with E-state index < -0.39 is 0 Å². The fraction of sp³-hybridized carbons (Fsp3) is 0.158. The van der Waals surface area contributed by atoms with Gasteiger partial charge < -0.3 is 4.74 Å². The highest BCUT2D eigenvalue weighted by atomic mass is 79.9. The number of halogens is 1. The molecule has 1 nitrogen and oxygen atoms in total. The van der Waals surface area contributed by atoms with E-state index in [0.29, 0.717) is 5.92 Å². The molecule has 1 aliphatic heterocycles. The van der Waals surface area contributed by atoms with E-state index in [0.717, 1.165) is 12.4 Å². The molecule has 0 saturated heterocycles. The highest BCUT2D eigenvalue weighted by molar-refractivity contribution is 9.09. The Morgan fingerprint density at radius 1 is 0.905 bits per heavy atom. The minimum atomic E-state index is 0.257. The molecule has 1 heterocycles. The van der Waals surface area contributed by atoms with E-state index in [1.54, 1.807) is 0 Å². The van der Waals surface area contributed by atoms with Crippen LogP contribution in [0.4, 0.5) is 0 Å². The minimum absolute atomic E-state index is 0.257. The van der Waals surface area contributed by atoms with Crippen molar-refractivity contribution in [2.75, 3.05) is 6.61 Å². The first-order valence-electron chi connectivity index (χ1n) is 7.18. The normalized spacial score (nSPS) is 18.2. The van der Waals surface area contributed by atoms with E-state index in [9.17, 15) is 0 Å². The Kier molecular flexibility index (Phi) is 3.19. The summed E-state index contributed by atoms with van der Waals surface area (Å²) in [6.07, 6.45) is 0. The van der Waals surface area contributed by atoms with Crippen molar-refractivity contribution in [3.05, 3.63) is 77.9 Å². The molecular weight excluding hydrogens is 324 g/mol. The zero-order valence-electron chi connectivity index (χ0n) is 11.5. The van der Waals surface area contributed by atoms with Crippen LogP contribution in [0.1, 0.15) is 21.9 Å². The van der Waals surface area contributed by atoms with Gasteiger partial charge in [-0.25, -0.2) is 0 Å². The molecule has 1 aliphatic rings. The first-order valence-corrected chi connectivity index (χ1v) is 8.09. The molecule has 2 unspecified atom stereocenters. The maximum atomic E-state index is 5.84. The van der Waals surface area contributed by atoms with Crippen molar-refractivity contribution in [2.45, 2.75) is 10.7 Å². The van der Waals surface area contributed by atoms with Crippen molar-refractivity contribution in [3.63, 3.8) is 0 Å². The van der Waals surface area contributed by atoms with Crippen LogP contribution in [0, 0.1) is 0 Å². The topological polar surface area (TPSA) is 9.23 Å². The first-order chi connectivity index (χ1) is 10.3. The largest absolute Gasteiger partial charge is 0.493 e. The molecule has 2 atom stereocenters. The highest BCUT2D eigenvalue weighted by Gasteiger charge is 2.31. The lowest BCUT2D eigenvalue weighted by atomic mass is 9.91. The Balaban J connectivity index is 1.80. The molecule has 0 saturated carbocycles. The Labute approximate surface area is 132 Å². The van der Waals surface area contributed by atoms with Gasteiger partial charge in [0.2, 0.25) is 0 Å². The van der Waals surface area contributed by atoms with Gasteiger partial charge in [-0.15, -0.1) is 0 Å². The van der Waals surface area contributed by atoms with Crippen LogP contribution >= 0.6 is 15.9 Å². The average molecular weight is 339 g/mol. The van der Waals surface area contributed by atoms with Gasteiger partial charge in [-0.2, -0.15) is 0 Å². The fourth-order valence-corrected chi connectivity index (χ4v) is 3.97. The van der Waals surface area contributed by atoms with E-state index in [1.165, 1.54) is 21.9 Å². The number of para-hydroxylation sites is 1. The maximum Gasteiger partial charge on any atom is 0.122 e. The number of benzene rings is 3. The standard InChI is InChI=1S/C19H15BrO/c20-19(17-12-21-18-11-4-3-9-15(17)18)16-10-5-7-13-6-1-2-8-14(13)16/h1-11,17,19H,12H2. The maximum absolute atomic E-state index is 5.84. The Morgan fingerprint density at radius 3 is 2.62 bits per heavy atom. The number of ether oxygens (including phenoxy) is 1. The summed E-state index contributed by atoms with van der Waals surface area (Å²) < 4.78 is 5.84. The van der Waals surface area contributed by atoms with Crippen LogP contribution in [0.2, 0.25) is 0 Å². The summed E-state index contributed by atoms with van der Waals surface area (Å²) in [5.41, 5.74) is 2.63. The van der Waals surface area contributed by atoms with Gasteiger partial charge in [-0.1, -0.05) is 76.6 Å². The van der Waals surface area contributed by atoms with E-state index in [4.69, 9.17) is 4.74 Å². The second-order valence-electron chi connectivity index (χ2n) is 5.43. The molecule has 3 aromatic rings. The van der Waals surface area contributed by atoms with Crippen molar-refractivity contribution < 1.29 is 4.74 Å². The number of alkyl halides is 1. The second-order valence-corrected chi connectivity index (χ2v) is 6.41. The SMILES string of the molecule is BrC(c1cccc2ccccc12)C1COc2ccccc21. The summed E-state index contributed by atoms with van der Waals surface area (Å²) in [6.45, 7) is 0.735. The van der Waals surface area contributed by atoms with E-state index >= 15 is 0 Å². The lowest BCUT2D eigenvalue weighted by Gasteiger charge is -2.19. The van der Waals surface area contributed by atoms with Crippen LogP contribution in [0.15, 0.2) is 66.7 Å². The number of rotatable bonds is 2. The number of fused-ring (bicyclic) bond motifs is 2. The molecule has 0 aliphatic carbocycles. The third kappa shape index (κ3) is 2.14. The summed E-state index contributed by atoms with van der Waals surface area (Å²) in [7, 11) is 0. The molecule has 0 N–H and O–H groups in total. The van der Waals surface area contributed by atoms with Gasteiger partial charge in [-0.3, -0.25) is 0 Å². The molecule has 0 aromatic heterocycles. The monoisotopic (exact) mass is 338 g/mol. The summed E-state index contributed by atoms with van der Waals surface area (Å²) in [6, 6.07) is 23.4. The average Bonchev–Trinajstić information content (AvgIpc) is 2.98. The second kappa shape index (κ2) is 5.19. The van der Waals surface area contributed by atoms with Crippen molar-refractivity contribution in [2.24, 2.45) is 0 Å². The van der Waals surface area contributed by atoms with Gasteiger partial charge >= 0.3 is 0 Å². The summed E-state index contributed by atoms with van der Waals surface area (Å²) >= 11 is 3.92. The smallest absolute Gasteiger partial charge is 0.122 e. The molecule has 21 heavy (non-hydrogen) atoms. The molecule has 4 rings (SSSR count). The summed E-state index contributed by atoms with van der Waals surface area (Å²) in [4.78, 5) is 0.257. The molecule has 0 spiro atoms. The molecular formula is C19H15BrO. The van der Waals surface area contributed by atoms with Gasteiger partial charge in [0.1, 0.15) is 5.75 Å². The predicted octanol–water partition coefficient (Wildman–Crippen LogP) is 5.45. The fourth-order valence-electron chi connectivity index (χ4n) is 3.14. The van der Waals surface area contributed by atoms with Crippen molar-refractivity contribution >= 4 is 26.7 Å². The van der Waals surface area contributed by atoms with Crippen LogP contribution in [-0.4, -0.2) is 6.61 Å². The summed E-state index contributed by atoms with van der Waals surface area (Å²) in [5.74, 6) is 1.37. The molecule has 0 bridgehead atoms. The zero-order valence-corrected chi connectivity index (χ0v) is 13.1. The van der Waals surface area contributed by atoms with Gasteiger partial charge in [0.05, 0.1) is 11.4 Å². The molecule has 0 radical (unpaired) electrons. The van der Waals surface area contributed by atoms with E-state index in [2.05, 4.69) is 76.6 Å². The van der Waals surface area contributed by atoms with Crippen molar-refractivity contribution in [1.82, 2.24) is 0 Å². The third-order valence-electron chi connectivity index (χ3n) is 4.21. The Hall–Kier alpha value is -1.80. The van der Waals surface area contributed by atoms with Gasteiger partial charge in [0.25, 0.3) is 0 Å². The molecule has 2 heteroatoms. The van der Waals surface area contributed by atoms with E-state index in [1.807, 2.05) is 6.07 Å². The quantitative estimate of drug-likeness (QED) is 0.564. The third-order valence-corrected chi connectivity index (χ3v) is 5.34. The molecule has 104 valence electrons. The highest BCUT2D eigenvalue weighted by Crippen LogP contribution is 2.46. The summed E-state index contributed by atoms with van der Waals surface area (Å²) in [5, 5.41) is 2.60. The Bertz CT molecular complexity index is 791. The van der Waals surface area contributed by atoms with E-state index in [-0.39, 0.29) is 4.83 Å². The van der Waals surface area contributed by atoms with Crippen molar-refractivity contribution in [1.29, 1.82) is 0 Å². The van der Waals surface area contributed by atoms with Crippen LogP contribution in [0.3, 0.4) is 0 Å². The zero-order chi connectivity index (χ0) is 14.2. The van der Waals surface area contributed by atoms with Gasteiger partial charge in [-0.05, 0) is 22.4 Å². The lowest BCUT2D eigenvalue weighted by Crippen LogP contribution is -2.08. The Morgan fingerprint density at radius 2 is 1.67 bits per heavy atom. The number of hydrogen-bond donors (Lipinski definition) is 0. The van der Waals surface area contributed by atoms with Crippen LogP contribution in [0.5, 0.6) is 5.75 Å². The number of hydrogen-bond acceptors (Lipinski definition) is 1. The van der Waals surface area contributed by atoms with Crippen LogP contribution in [0.25, 0.3) is 10.8 Å². The van der Waals surface area contributed by atoms with Crippen LogP contribution < -0.4 is 4.74 Å². The minimum Gasteiger partial charge on any atom is -0.493 e.